The molecule has 118 valence electrons. The predicted molar refractivity (Wildman–Crippen MR) is 90.3 cm³/mol. The predicted octanol–water partition coefficient (Wildman–Crippen LogP) is 2.07. The maximum atomic E-state index is 12.1. The highest BCUT2D eigenvalue weighted by Crippen LogP contribution is 2.24. The summed E-state index contributed by atoms with van der Waals surface area (Å²) < 4.78 is 5.66. The number of hydrogen-bond donors (Lipinski definition) is 1. The van der Waals surface area contributed by atoms with Gasteiger partial charge in [0.25, 0.3) is 11.8 Å². The van der Waals surface area contributed by atoms with Crippen molar-refractivity contribution in [2.24, 2.45) is 0 Å². The lowest BCUT2D eigenvalue weighted by Gasteiger charge is -2.24. The van der Waals surface area contributed by atoms with Crippen LogP contribution in [-0.4, -0.2) is 28.9 Å². The quantitative estimate of drug-likeness (QED) is 0.515. The van der Waals surface area contributed by atoms with Gasteiger partial charge in [0.15, 0.2) is 5.11 Å². The van der Waals surface area contributed by atoms with Crippen molar-refractivity contribution in [2.45, 2.75) is 0 Å². The number of nitriles is 1. The van der Waals surface area contributed by atoms with Crippen LogP contribution in [0.5, 0.6) is 0 Å². The third-order valence-corrected chi connectivity index (χ3v) is 3.89. The molecule has 0 atom stereocenters. The average molecular weight is 337 g/mol. The van der Waals surface area contributed by atoms with Crippen LogP contribution < -0.4 is 5.32 Å². The number of hydrogen-bond acceptors (Lipinski definition) is 5. The van der Waals surface area contributed by atoms with Crippen molar-refractivity contribution in [1.29, 1.82) is 5.26 Å². The molecule has 0 spiro atoms. The van der Waals surface area contributed by atoms with Gasteiger partial charge in [0, 0.05) is 12.6 Å². The van der Waals surface area contributed by atoms with Crippen LogP contribution in [0.25, 0.3) is 17.4 Å². The van der Waals surface area contributed by atoms with E-state index in [4.69, 9.17) is 21.9 Å². The maximum Gasteiger partial charge on any atom is 0.265 e. The van der Waals surface area contributed by atoms with Crippen LogP contribution in [0.4, 0.5) is 0 Å². The highest BCUT2D eigenvalue weighted by molar-refractivity contribution is 7.80. The topological polar surface area (TPSA) is 86.3 Å². The first-order chi connectivity index (χ1) is 11.5. The number of carbonyl (C=O) groups is 2. The van der Waals surface area contributed by atoms with Gasteiger partial charge in [-0.25, -0.2) is 0 Å². The lowest BCUT2D eigenvalue weighted by atomic mass is 10.1. The number of carbonyl (C=O) groups excluding carboxylic acids is 2. The first-order valence-electron chi connectivity index (χ1n) is 6.95. The molecular weight excluding hydrogens is 326 g/mol. The zero-order valence-corrected chi connectivity index (χ0v) is 13.4. The Balaban J connectivity index is 1.90. The van der Waals surface area contributed by atoms with Crippen molar-refractivity contribution in [1.82, 2.24) is 10.2 Å². The van der Waals surface area contributed by atoms with E-state index in [1.54, 1.807) is 36.4 Å². The number of thiocarbonyl (C=S) groups is 1. The smallest absolute Gasteiger partial charge is 0.265 e. The van der Waals surface area contributed by atoms with Gasteiger partial charge in [0.05, 0.1) is 11.6 Å². The Hall–Kier alpha value is -3.24. The minimum absolute atomic E-state index is 0.0492. The fourth-order valence-corrected chi connectivity index (χ4v) is 2.36. The molecule has 0 bridgehead atoms. The molecule has 1 aromatic heterocycles. The van der Waals surface area contributed by atoms with Gasteiger partial charge in [-0.05, 0) is 54.7 Å². The first kappa shape index (κ1) is 15.6. The first-order valence-corrected chi connectivity index (χ1v) is 7.36. The second kappa shape index (κ2) is 6.10. The lowest BCUT2D eigenvalue weighted by Crippen LogP contribution is -2.52. The zero-order valence-electron chi connectivity index (χ0n) is 12.6. The van der Waals surface area contributed by atoms with Crippen LogP contribution in [0, 0.1) is 11.3 Å². The van der Waals surface area contributed by atoms with E-state index in [9.17, 15) is 9.59 Å². The van der Waals surface area contributed by atoms with E-state index in [1.807, 2.05) is 6.07 Å². The average Bonchev–Trinajstić information content (AvgIpc) is 3.05. The largest absolute Gasteiger partial charge is 0.457 e. The van der Waals surface area contributed by atoms with Gasteiger partial charge in [-0.1, -0.05) is 0 Å². The third kappa shape index (κ3) is 2.83. The Kier molecular flexibility index (Phi) is 3.98. The summed E-state index contributed by atoms with van der Waals surface area (Å²) in [5.41, 5.74) is 1.29. The molecule has 1 aromatic carbocycles. The molecule has 6 nitrogen and oxygen atoms in total. The summed E-state index contributed by atoms with van der Waals surface area (Å²) in [4.78, 5) is 25.2. The van der Waals surface area contributed by atoms with Crippen LogP contribution in [-0.2, 0) is 9.59 Å². The fraction of sp³-hybridized carbons (Fsp3) is 0.0588. The molecule has 2 amide bonds. The summed E-state index contributed by atoms with van der Waals surface area (Å²) in [6.45, 7) is 0. The Labute approximate surface area is 143 Å². The van der Waals surface area contributed by atoms with Crippen molar-refractivity contribution in [3.05, 3.63) is 53.3 Å². The molecule has 3 rings (SSSR count). The van der Waals surface area contributed by atoms with E-state index in [0.717, 1.165) is 5.56 Å². The SMILES string of the molecule is CN1C(=O)/C(=C/c2ccc(-c3ccc(C#N)cc3)o2)C(=O)NC1=S. The molecule has 1 aliphatic heterocycles. The van der Waals surface area contributed by atoms with Crippen molar-refractivity contribution in [3.8, 4) is 17.4 Å². The summed E-state index contributed by atoms with van der Waals surface area (Å²) >= 11 is 4.89. The number of rotatable bonds is 2. The minimum Gasteiger partial charge on any atom is -0.457 e. The van der Waals surface area contributed by atoms with Gasteiger partial charge < -0.3 is 4.42 Å². The van der Waals surface area contributed by atoms with E-state index in [0.29, 0.717) is 17.1 Å². The van der Waals surface area contributed by atoms with Crippen LogP contribution in [0.15, 0.2) is 46.4 Å². The highest BCUT2D eigenvalue weighted by Gasteiger charge is 2.31. The van der Waals surface area contributed by atoms with Gasteiger partial charge >= 0.3 is 0 Å². The number of benzene rings is 1. The number of furan rings is 1. The normalized spacial score (nSPS) is 16.2. The molecule has 0 radical (unpaired) electrons. The summed E-state index contributed by atoms with van der Waals surface area (Å²) in [5.74, 6) is -0.104. The van der Waals surface area contributed by atoms with E-state index < -0.39 is 11.8 Å². The third-order valence-electron chi connectivity index (χ3n) is 3.52. The van der Waals surface area contributed by atoms with E-state index in [1.165, 1.54) is 18.0 Å². The molecule has 1 fully saturated rings. The molecule has 7 heteroatoms. The standard InChI is InChI=1S/C17H11N3O3S/c1-20-16(22)13(15(21)19-17(20)24)8-12-6-7-14(23-12)11-4-2-10(9-18)3-5-11/h2-8H,1H3,(H,19,21,24)/b13-8+. The fourth-order valence-electron chi connectivity index (χ4n) is 2.18. The summed E-state index contributed by atoms with van der Waals surface area (Å²) in [5, 5.41) is 11.3. The van der Waals surface area contributed by atoms with Gasteiger partial charge in [-0.2, -0.15) is 5.26 Å². The second-order valence-electron chi connectivity index (χ2n) is 5.07. The van der Waals surface area contributed by atoms with Crippen molar-refractivity contribution in [3.63, 3.8) is 0 Å². The molecule has 24 heavy (non-hydrogen) atoms. The molecule has 1 aliphatic rings. The molecule has 1 saturated heterocycles. The molecule has 1 N–H and O–H groups in total. The number of likely N-dealkylation sites (N-methyl/N-ethyl adjacent to an activating group) is 1. The van der Waals surface area contributed by atoms with E-state index in [2.05, 4.69) is 5.32 Å². The number of nitrogens with zero attached hydrogens (tertiary/aromatic N) is 2. The summed E-state index contributed by atoms with van der Waals surface area (Å²) in [6, 6.07) is 12.3. The zero-order chi connectivity index (χ0) is 17.3. The Morgan fingerprint density at radius 1 is 1.21 bits per heavy atom. The van der Waals surface area contributed by atoms with Gasteiger partial charge in [0.1, 0.15) is 17.1 Å². The Bertz CT molecular complexity index is 919. The van der Waals surface area contributed by atoms with Gasteiger partial charge in [-0.3, -0.25) is 19.8 Å². The van der Waals surface area contributed by atoms with Gasteiger partial charge in [0.2, 0.25) is 0 Å². The van der Waals surface area contributed by atoms with Crippen molar-refractivity contribution >= 4 is 35.2 Å². The Morgan fingerprint density at radius 2 is 1.92 bits per heavy atom. The van der Waals surface area contributed by atoms with Crippen LogP contribution in [0.1, 0.15) is 11.3 Å². The summed E-state index contributed by atoms with van der Waals surface area (Å²) in [6.07, 6.45) is 1.38. The van der Waals surface area contributed by atoms with Crippen molar-refractivity contribution < 1.29 is 14.0 Å². The van der Waals surface area contributed by atoms with Gasteiger partial charge in [-0.15, -0.1) is 0 Å². The molecule has 2 heterocycles. The molecule has 0 aliphatic carbocycles. The van der Waals surface area contributed by atoms with Crippen LogP contribution in [0.3, 0.4) is 0 Å². The summed E-state index contributed by atoms with van der Waals surface area (Å²) in [7, 11) is 1.49. The number of amides is 2. The van der Waals surface area contributed by atoms with Crippen LogP contribution >= 0.6 is 12.2 Å². The maximum absolute atomic E-state index is 12.1. The molecule has 0 unspecified atom stereocenters. The number of nitrogens with one attached hydrogen (secondary N) is 1. The van der Waals surface area contributed by atoms with E-state index in [-0.39, 0.29) is 10.7 Å². The highest BCUT2D eigenvalue weighted by atomic mass is 32.1. The second-order valence-corrected chi connectivity index (χ2v) is 5.46. The monoisotopic (exact) mass is 337 g/mol. The lowest BCUT2D eigenvalue weighted by molar-refractivity contribution is -0.128. The molecule has 0 saturated carbocycles. The van der Waals surface area contributed by atoms with E-state index >= 15 is 0 Å². The molecular formula is C17H11N3O3S. The van der Waals surface area contributed by atoms with Crippen LogP contribution in [0.2, 0.25) is 0 Å². The van der Waals surface area contributed by atoms with Crippen molar-refractivity contribution in [2.75, 3.05) is 7.05 Å². The minimum atomic E-state index is -0.556. The Morgan fingerprint density at radius 3 is 2.58 bits per heavy atom. The molecule has 2 aromatic rings.